The van der Waals surface area contributed by atoms with Crippen molar-refractivity contribution >= 4 is 11.8 Å². The van der Waals surface area contributed by atoms with E-state index in [0.29, 0.717) is 5.95 Å². The number of benzene rings is 1. The Balaban J connectivity index is 2.01. The summed E-state index contributed by atoms with van der Waals surface area (Å²) in [6, 6.07) is 10.4. The number of nitrogens with one attached hydrogen (secondary N) is 2. The van der Waals surface area contributed by atoms with Crippen molar-refractivity contribution in [2.45, 2.75) is 40.2 Å². The number of aryl methyl sites for hydroxylation is 2. The molecule has 2 N–H and O–H groups in total. The monoisotopic (exact) mass is 284 g/mol. The van der Waals surface area contributed by atoms with Crippen molar-refractivity contribution in [3.8, 4) is 0 Å². The molecule has 2 rings (SSSR count). The SMILES string of the molecule is CCCCNc1nc(C)cc(NCc2ccccc2C)n1. The topological polar surface area (TPSA) is 49.8 Å². The van der Waals surface area contributed by atoms with Crippen LogP contribution in [0.4, 0.5) is 11.8 Å². The molecule has 1 aromatic carbocycles. The summed E-state index contributed by atoms with van der Waals surface area (Å²) in [7, 11) is 0. The number of nitrogens with zero attached hydrogens (tertiary/aromatic N) is 2. The van der Waals surface area contributed by atoms with Crippen molar-refractivity contribution < 1.29 is 0 Å². The summed E-state index contributed by atoms with van der Waals surface area (Å²) in [6.07, 6.45) is 2.29. The van der Waals surface area contributed by atoms with Crippen LogP contribution in [-0.4, -0.2) is 16.5 Å². The molecule has 0 aliphatic rings. The molecule has 1 aromatic heterocycles. The third-order valence-electron chi connectivity index (χ3n) is 3.39. The van der Waals surface area contributed by atoms with Gasteiger partial charge >= 0.3 is 0 Å². The van der Waals surface area contributed by atoms with Crippen LogP contribution in [-0.2, 0) is 6.54 Å². The Morgan fingerprint density at radius 2 is 1.86 bits per heavy atom. The lowest BCUT2D eigenvalue weighted by atomic mass is 10.1. The number of anilines is 2. The maximum atomic E-state index is 4.52. The molecule has 0 aliphatic heterocycles. The third-order valence-corrected chi connectivity index (χ3v) is 3.39. The van der Waals surface area contributed by atoms with Gasteiger partial charge in [-0.05, 0) is 31.4 Å². The quantitative estimate of drug-likeness (QED) is 0.757. The van der Waals surface area contributed by atoms with Gasteiger partial charge in [0.15, 0.2) is 0 Å². The number of rotatable bonds is 7. The van der Waals surface area contributed by atoms with E-state index in [1.54, 1.807) is 0 Å². The fourth-order valence-electron chi connectivity index (χ4n) is 2.11. The molecule has 4 heteroatoms. The van der Waals surface area contributed by atoms with Crippen molar-refractivity contribution in [2.24, 2.45) is 0 Å². The number of hydrogen-bond acceptors (Lipinski definition) is 4. The average molecular weight is 284 g/mol. The highest BCUT2D eigenvalue weighted by atomic mass is 15.1. The van der Waals surface area contributed by atoms with Crippen molar-refractivity contribution in [2.75, 3.05) is 17.2 Å². The normalized spacial score (nSPS) is 10.4. The molecule has 0 amide bonds. The maximum Gasteiger partial charge on any atom is 0.224 e. The minimum atomic E-state index is 0.704. The lowest BCUT2D eigenvalue weighted by molar-refractivity contribution is 0.825. The predicted octanol–water partition coefficient (Wildman–Crippen LogP) is 3.92. The number of hydrogen-bond donors (Lipinski definition) is 2. The highest BCUT2D eigenvalue weighted by molar-refractivity contribution is 5.43. The van der Waals surface area contributed by atoms with Gasteiger partial charge in [-0.1, -0.05) is 37.6 Å². The van der Waals surface area contributed by atoms with Gasteiger partial charge in [0, 0.05) is 24.8 Å². The van der Waals surface area contributed by atoms with Gasteiger partial charge in [0.2, 0.25) is 5.95 Å². The summed E-state index contributed by atoms with van der Waals surface area (Å²) >= 11 is 0. The average Bonchev–Trinajstić information content (AvgIpc) is 2.46. The first kappa shape index (κ1) is 15.3. The maximum absolute atomic E-state index is 4.52. The molecule has 0 fully saturated rings. The summed E-state index contributed by atoms with van der Waals surface area (Å²) in [6.45, 7) is 7.98. The number of aromatic nitrogens is 2. The second-order valence-corrected chi connectivity index (χ2v) is 5.28. The van der Waals surface area contributed by atoms with Crippen LogP contribution in [0.3, 0.4) is 0 Å². The van der Waals surface area contributed by atoms with Gasteiger partial charge in [0.25, 0.3) is 0 Å². The zero-order valence-electron chi connectivity index (χ0n) is 13.1. The van der Waals surface area contributed by atoms with Crippen LogP contribution in [0.5, 0.6) is 0 Å². The van der Waals surface area contributed by atoms with Gasteiger partial charge < -0.3 is 10.6 Å². The van der Waals surface area contributed by atoms with E-state index < -0.39 is 0 Å². The summed E-state index contributed by atoms with van der Waals surface area (Å²) in [4.78, 5) is 8.93. The van der Waals surface area contributed by atoms with Crippen LogP contribution in [0.1, 0.15) is 36.6 Å². The highest BCUT2D eigenvalue weighted by Crippen LogP contribution is 2.13. The van der Waals surface area contributed by atoms with Crippen LogP contribution in [0, 0.1) is 13.8 Å². The van der Waals surface area contributed by atoms with Gasteiger partial charge in [-0.2, -0.15) is 4.98 Å². The fourth-order valence-corrected chi connectivity index (χ4v) is 2.11. The van der Waals surface area contributed by atoms with E-state index in [9.17, 15) is 0 Å². The Morgan fingerprint density at radius 1 is 1.05 bits per heavy atom. The lowest BCUT2D eigenvalue weighted by Gasteiger charge is -2.11. The van der Waals surface area contributed by atoms with E-state index >= 15 is 0 Å². The summed E-state index contributed by atoms with van der Waals surface area (Å²) in [5.41, 5.74) is 3.54. The first-order valence-corrected chi connectivity index (χ1v) is 7.57. The molecule has 21 heavy (non-hydrogen) atoms. The standard InChI is InChI=1S/C17H24N4/c1-4-5-10-18-17-20-14(3)11-16(21-17)19-12-15-9-7-6-8-13(15)2/h6-9,11H,4-5,10,12H2,1-3H3,(H2,18,19,20,21). The molecule has 112 valence electrons. The summed E-state index contributed by atoms with van der Waals surface area (Å²) in [5.74, 6) is 1.57. The van der Waals surface area contributed by atoms with Crippen LogP contribution < -0.4 is 10.6 Å². The van der Waals surface area contributed by atoms with Gasteiger partial charge in [-0.3, -0.25) is 0 Å². The summed E-state index contributed by atoms with van der Waals surface area (Å²) in [5, 5.41) is 6.66. The summed E-state index contributed by atoms with van der Waals surface area (Å²) < 4.78 is 0. The van der Waals surface area contributed by atoms with Gasteiger partial charge in [0.1, 0.15) is 5.82 Å². The third kappa shape index (κ3) is 4.74. The second kappa shape index (κ2) is 7.62. The van der Waals surface area contributed by atoms with E-state index in [0.717, 1.165) is 37.4 Å². The Labute approximate surface area is 127 Å². The van der Waals surface area contributed by atoms with E-state index in [1.807, 2.05) is 13.0 Å². The molecule has 2 aromatic rings. The zero-order valence-corrected chi connectivity index (χ0v) is 13.1. The van der Waals surface area contributed by atoms with Crippen molar-refractivity contribution in [1.82, 2.24) is 9.97 Å². The predicted molar refractivity (Wildman–Crippen MR) is 88.7 cm³/mol. The van der Waals surface area contributed by atoms with E-state index in [1.165, 1.54) is 11.1 Å². The molecule has 0 atom stereocenters. The molecule has 1 heterocycles. The molecule has 0 aliphatic carbocycles. The van der Waals surface area contributed by atoms with Crippen LogP contribution in [0.15, 0.2) is 30.3 Å². The van der Waals surface area contributed by atoms with Crippen LogP contribution in [0.2, 0.25) is 0 Å². The highest BCUT2D eigenvalue weighted by Gasteiger charge is 2.03. The fraction of sp³-hybridized carbons (Fsp3) is 0.412. The van der Waals surface area contributed by atoms with Crippen LogP contribution in [0.25, 0.3) is 0 Å². The van der Waals surface area contributed by atoms with E-state index in [-0.39, 0.29) is 0 Å². The first-order chi connectivity index (χ1) is 10.2. The molecular weight excluding hydrogens is 260 g/mol. The lowest BCUT2D eigenvalue weighted by Crippen LogP contribution is -2.09. The second-order valence-electron chi connectivity index (χ2n) is 5.28. The Hall–Kier alpha value is -2.10. The minimum absolute atomic E-state index is 0.704. The minimum Gasteiger partial charge on any atom is -0.366 e. The molecule has 0 unspecified atom stereocenters. The van der Waals surface area contributed by atoms with Gasteiger partial charge in [0.05, 0.1) is 0 Å². The van der Waals surface area contributed by atoms with E-state index in [2.05, 4.69) is 58.7 Å². The molecule has 0 saturated carbocycles. The molecule has 4 nitrogen and oxygen atoms in total. The van der Waals surface area contributed by atoms with Gasteiger partial charge in [-0.15, -0.1) is 0 Å². The van der Waals surface area contributed by atoms with Crippen molar-refractivity contribution in [1.29, 1.82) is 0 Å². The zero-order chi connectivity index (χ0) is 15.1. The van der Waals surface area contributed by atoms with E-state index in [4.69, 9.17) is 0 Å². The van der Waals surface area contributed by atoms with Crippen molar-refractivity contribution in [3.05, 3.63) is 47.2 Å². The Morgan fingerprint density at radius 3 is 2.62 bits per heavy atom. The van der Waals surface area contributed by atoms with Gasteiger partial charge in [-0.25, -0.2) is 4.98 Å². The molecule has 0 radical (unpaired) electrons. The first-order valence-electron chi connectivity index (χ1n) is 7.57. The molecular formula is C17H24N4. The Bertz CT molecular complexity index is 581. The van der Waals surface area contributed by atoms with Crippen LogP contribution >= 0.6 is 0 Å². The number of unbranched alkanes of at least 4 members (excludes halogenated alkanes) is 1. The largest absolute Gasteiger partial charge is 0.366 e. The molecule has 0 bridgehead atoms. The molecule has 0 saturated heterocycles. The van der Waals surface area contributed by atoms with Crippen molar-refractivity contribution in [3.63, 3.8) is 0 Å². The molecule has 0 spiro atoms. The Kier molecular flexibility index (Phi) is 5.55. The smallest absolute Gasteiger partial charge is 0.224 e.